The first-order valence-corrected chi connectivity index (χ1v) is 8.58. The smallest absolute Gasteiger partial charge is 0.253 e. The zero-order valence-corrected chi connectivity index (χ0v) is 14.6. The van der Waals surface area contributed by atoms with Gasteiger partial charge >= 0.3 is 0 Å². The molecule has 0 atom stereocenters. The number of hydrogen-bond donors (Lipinski definition) is 2. The van der Waals surface area contributed by atoms with Crippen LogP contribution in [0.5, 0.6) is 0 Å². The zero-order chi connectivity index (χ0) is 15.2. The van der Waals surface area contributed by atoms with Crippen LogP contribution in [0.4, 0.5) is 5.69 Å². The van der Waals surface area contributed by atoms with Crippen LogP contribution in [0, 0.1) is 6.92 Å². The molecule has 0 radical (unpaired) electrons. The number of carbonyl (C=O) groups excluding carboxylic acids is 1. The molecule has 0 aliphatic rings. The molecule has 0 spiro atoms. The molecule has 5 heteroatoms. The van der Waals surface area contributed by atoms with Crippen LogP contribution < -0.4 is 10.6 Å². The lowest BCUT2D eigenvalue weighted by molar-refractivity contribution is 0.0952. The van der Waals surface area contributed by atoms with E-state index in [0.29, 0.717) is 12.1 Å². The van der Waals surface area contributed by atoms with Crippen LogP contribution in [0.15, 0.2) is 34.1 Å². The van der Waals surface area contributed by atoms with Crippen LogP contribution in [0.2, 0.25) is 0 Å². The number of thiophene rings is 1. The maximum Gasteiger partial charge on any atom is 0.253 e. The van der Waals surface area contributed by atoms with Crippen LogP contribution in [0.25, 0.3) is 0 Å². The van der Waals surface area contributed by atoms with Crippen molar-refractivity contribution in [1.29, 1.82) is 0 Å². The van der Waals surface area contributed by atoms with E-state index in [1.54, 1.807) is 11.3 Å². The van der Waals surface area contributed by atoms with E-state index >= 15 is 0 Å². The third-order valence-corrected chi connectivity index (χ3v) is 4.66. The second-order valence-corrected chi connectivity index (χ2v) is 7.41. The lowest BCUT2D eigenvalue weighted by Gasteiger charge is -2.12. The van der Waals surface area contributed by atoms with Gasteiger partial charge < -0.3 is 10.6 Å². The summed E-state index contributed by atoms with van der Waals surface area (Å²) in [6.45, 7) is 5.52. The molecule has 1 amide bonds. The molecular weight excluding hydrogens is 348 g/mol. The molecule has 112 valence electrons. The molecule has 1 heterocycles. The van der Waals surface area contributed by atoms with Crippen molar-refractivity contribution in [2.75, 3.05) is 11.9 Å². The normalized spacial score (nSPS) is 10.4. The van der Waals surface area contributed by atoms with Gasteiger partial charge in [0.05, 0.1) is 15.9 Å². The summed E-state index contributed by atoms with van der Waals surface area (Å²) in [5.74, 6) is -0.0400. The van der Waals surface area contributed by atoms with Gasteiger partial charge in [0.15, 0.2) is 0 Å². The summed E-state index contributed by atoms with van der Waals surface area (Å²) in [4.78, 5) is 13.5. The highest BCUT2D eigenvalue weighted by molar-refractivity contribution is 9.11. The highest BCUT2D eigenvalue weighted by atomic mass is 79.9. The predicted octanol–water partition coefficient (Wildman–Crippen LogP) is 4.57. The van der Waals surface area contributed by atoms with Gasteiger partial charge in [-0.3, -0.25) is 4.79 Å². The summed E-state index contributed by atoms with van der Waals surface area (Å²) >= 11 is 5.06. The Hall–Kier alpha value is -1.33. The molecule has 0 fully saturated rings. The van der Waals surface area contributed by atoms with Gasteiger partial charge in [-0.05, 0) is 53.5 Å². The number of amides is 1. The first-order valence-electron chi connectivity index (χ1n) is 6.97. The van der Waals surface area contributed by atoms with Gasteiger partial charge in [-0.1, -0.05) is 18.6 Å². The lowest BCUT2D eigenvalue weighted by Crippen LogP contribution is -2.23. The minimum atomic E-state index is -0.0400. The molecule has 0 aliphatic heterocycles. The monoisotopic (exact) mass is 366 g/mol. The van der Waals surface area contributed by atoms with E-state index in [4.69, 9.17) is 0 Å². The third kappa shape index (κ3) is 4.58. The van der Waals surface area contributed by atoms with Gasteiger partial charge in [0.25, 0.3) is 5.91 Å². The summed E-state index contributed by atoms with van der Waals surface area (Å²) < 4.78 is 1.08. The average Bonchev–Trinajstić information content (AvgIpc) is 2.89. The average molecular weight is 367 g/mol. The Kier molecular flexibility index (Phi) is 5.82. The van der Waals surface area contributed by atoms with Crippen molar-refractivity contribution in [2.45, 2.75) is 26.8 Å². The Bertz CT molecular complexity index is 624. The maximum atomic E-state index is 12.4. The van der Waals surface area contributed by atoms with Gasteiger partial charge in [-0.15, -0.1) is 11.3 Å². The van der Waals surface area contributed by atoms with Crippen molar-refractivity contribution in [3.63, 3.8) is 0 Å². The second kappa shape index (κ2) is 7.61. The second-order valence-electron chi connectivity index (χ2n) is 4.86. The van der Waals surface area contributed by atoms with Crippen LogP contribution in [-0.2, 0) is 6.54 Å². The molecule has 2 aromatic rings. The van der Waals surface area contributed by atoms with E-state index in [2.05, 4.69) is 33.5 Å². The maximum absolute atomic E-state index is 12.4. The first-order chi connectivity index (χ1) is 10.1. The fourth-order valence-corrected chi connectivity index (χ4v) is 3.39. The van der Waals surface area contributed by atoms with E-state index in [0.717, 1.165) is 32.9 Å². The molecule has 0 saturated carbocycles. The molecule has 0 bridgehead atoms. The third-order valence-electron chi connectivity index (χ3n) is 3.04. The van der Waals surface area contributed by atoms with Crippen LogP contribution in [0.1, 0.15) is 34.1 Å². The number of anilines is 1. The number of rotatable bonds is 6. The quantitative estimate of drug-likeness (QED) is 0.785. The van der Waals surface area contributed by atoms with Crippen LogP contribution in [0.3, 0.4) is 0 Å². The summed E-state index contributed by atoms with van der Waals surface area (Å²) in [5, 5.41) is 6.29. The topological polar surface area (TPSA) is 41.1 Å². The summed E-state index contributed by atoms with van der Waals surface area (Å²) in [6.07, 6.45) is 1.03. The molecule has 2 N–H and O–H groups in total. The summed E-state index contributed by atoms with van der Waals surface area (Å²) in [7, 11) is 0. The number of hydrogen-bond acceptors (Lipinski definition) is 3. The number of benzene rings is 1. The van der Waals surface area contributed by atoms with Crippen molar-refractivity contribution < 1.29 is 4.79 Å². The van der Waals surface area contributed by atoms with Gasteiger partial charge in [-0.25, -0.2) is 0 Å². The lowest BCUT2D eigenvalue weighted by atomic mass is 10.1. The van der Waals surface area contributed by atoms with Crippen molar-refractivity contribution >= 4 is 38.9 Å². The molecule has 3 nitrogen and oxygen atoms in total. The van der Waals surface area contributed by atoms with E-state index < -0.39 is 0 Å². The standard InChI is InChI=1S/C16H19BrN2OS/c1-3-8-18-14-6-4-11(2)9-13(14)16(20)19-10-12-5-7-15(17)21-12/h4-7,9,18H,3,8,10H2,1-2H3,(H,19,20). The van der Waals surface area contributed by atoms with Crippen molar-refractivity contribution in [3.8, 4) is 0 Å². The highest BCUT2D eigenvalue weighted by Crippen LogP contribution is 2.22. The number of halogens is 1. The van der Waals surface area contributed by atoms with Crippen molar-refractivity contribution in [2.24, 2.45) is 0 Å². The molecule has 2 rings (SSSR count). The van der Waals surface area contributed by atoms with Crippen molar-refractivity contribution in [3.05, 3.63) is 50.1 Å². The molecule has 1 aromatic carbocycles. The van der Waals surface area contributed by atoms with E-state index in [9.17, 15) is 4.79 Å². The zero-order valence-electron chi connectivity index (χ0n) is 12.2. The molecule has 21 heavy (non-hydrogen) atoms. The number of carbonyl (C=O) groups is 1. The van der Waals surface area contributed by atoms with Crippen LogP contribution in [-0.4, -0.2) is 12.5 Å². The van der Waals surface area contributed by atoms with Crippen LogP contribution >= 0.6 is 27.3 Å². The minimum Gasteiger partial charge on any atom is -0.384 e. The number of nitrogens with one attached hydrogen (secondary N) is 2. The summed E-state index contributed by atoms with van der Waals surface area (Å²) in [6, 6.07) is 9.93. The Morgan fingerprint density at radius 2 is 2.10 bits per heavy atom. The molecule has 0 saturated heterocycles. The van der Waals surface area contributed by atoms with Gasteiger partial charge in [-0.2, -0.15) is 0 Å². The first kappa shape index (κ1) is 16.0. The molecule has 0 aliphatic carbocycles. The fourth-order valence-electron chi connectivity index (χ4n) is 1.97. The summed E-state index contributed by atoms with van der Waals surface area (Å²) in [5.41, 5.74) is 2.69. The van der Waals surface area contributed by atoms with E-state index in [-0.39, 0.29) is 5.91 Å². The molecule has 0 unspecified atom stereocenters. The Labute approximate surface area is 137 Å². The predicted molar refractivity (Wildman–Crippen MR) is 93.1 cm³/mol. The van der Waals surface area contributed by atoms with Gasteiger partial charge in [0.1, 0.15) is 0 Å². The van der Waals surface area contributed by atoms with Gasteiger partial charge in [0, 0.05) is 17.1 Å². The Balaban J connectivity index is 2.08. The van der Waals surface area contributed by atoms with E-state index in [1.165, 1.54) is 0 Å². The molecule has 1 aromatic heterocycles. The Morgan fingerprint density at radius 1 is 1.29 bits per heavy atom. The SMILES string of the molecule is CCCNc1ccc(C)cc1C(=O)NCc1ccc(Br)s1. The highest BCUT2D eigenvalue weighted by Gasteiger charge is 2.11. The minimum absolute atomic E-state index is 0.0400. The fraction of sp³-hybridized carbons (Fsp3) is 0.312. The van der Waals surface area contributed by atoms with Crippen molar-refractivity contribution in [1.82, 2.24) is 5.32 Å². The Morgan fingerprint density at radius 3 is 2.76 bits per heavy atom. The molecular formula is C16H19BrN2OS. The van der Waals surface area contributed by atoms with Gasteiger partial charge in [0.2, 0.25) is 0 Å². The van der Waals surface area contributed by atoms with E-state index in [1.807, 2.05) is 37.3 Å². The largest absolute Gasteiger partial charge is 0.384 e. The number of aryl methyl sites for hydroxylation is 1.